The van der Waals surface area contributed by atoms with E-state index in [0.29, 0.717) is 17.8 Å². The highest BCUT2D eigenvalue weighted by molar-refractivity contribution is 6.01. The number of fused-ring (bicyclic) bond motifs is 4. The number of hydrogen-bond donors (Lipinski definition) is 1. The minimum absolute atomic E-state index is 0.0242. The van der Waals surface area contributed by atoms with E-state index in [1.165, 1.54) is 4.90 Å². The molecule has 9 heteroatoms. The summed E-state index contributed by atoms with van der Waals surface area (Å²) in [7, 11) is 1.67. The number of nitrogens with zero attached hydrogens (tertiary/aromatic N) is 2. The van der Waals surface area contributed by atoms with Gasteiger partial charge in [-0.15, -0.1) is 0 Å². The van der Waals surface area contributed by atoms with E-state index in [1.807, 2.05) is 70.7 Å². The fourth-order valence-corrected chi connectivity index (χ4v) is 6.11. The molecule has 1 heterocycles. The molecular weight excluding hydrogens is 582 g/mol. The Morgan fingerprint density at radius 2 is 1.61 bits per heavy atom. The van der Waals surface area contributed by atoms with Gasteiger partial charge in [-0.05, 0) is 68.5 Å². The van der Waals surface area contributed by atoms with Crippen LogP contribution in [0, 0.1) is 5.92 Å². The monoisotopic (exact) mass is 627 g/mol. The lowest BCUT2D eigenvalue weighted by Crippen LogP contribution is -2.50. The van der Waals surface area contributed by atoms with Gasteiger partial charge in [0.2, 0.25) is 0 Å². The maximum atomic E-state index is 13.9. The number of anilines is 1. The van der Waals surface area contributed by atoms with Gasteiger partial charge in [0.1, 0.15) is 18.3 Å². The lowest BCUT2D eigenvalue weighted by atomic mass is 9.98. The quantitative estimate of drug-likeness (QED) is 0.291. The van der Waals surface area contributed by atoms with E-state index in [9.17, 15) is 14.4 Å². The molecule has 0 saturated heterocycles. The number of nitrogens with one attached hydrogen (secondary N) is 1. The zero-order valence-corrected chi connectivity index (χ0v) is 27.8. The van der Waals surface area contributed by atoms with Crippen LogP contribution >= 0.6 is 0 Å². The van der Waals surface area contributed by atoms with Crippen molar-refractivity contribution < 1.29 is 28.6 Å². The summed E-state index contributed by atoms with van der Waals surface area (Å²) in [5.74, 6) is -0.154. The lowest BCUT2D eigenvalue weighted by Gasteiger charge is -2.39. The Morgan fingerprint density at radius 3 is 2.22 bits per heavy atom. The first-order valence-corrected chi connectivity index (χ1v) is 16.0. The molecule has 3 atom stereocenters. The molecule has 0 fully saturated rings. The standard InChI is InChI=1S/C37H45N3O6/c1-8-24(3)40-20-23(2)32(21-39(7)36(43)46-37(4,5)6)45-33-29(34(40)41)18-13-19-31(33)38-35(42)44-22-30-27-16-11-9-14-25(27)26-15-10-12-17-28(26)30/h9-19,23-24,30,32H,8,20-22H2,1-7H3,(H,38,42)/t23-,24+,32+/m1/s1. The molecule has 3 aromatic rings. The number of ether oxygens (including phenoxy) is 3. The molecule has 0 spiro atoms. The lowest BCUT2D eigenvalue weighted by molar-refractivity contribution is 0.0127. The summed E-state index contributed by atoms with van der Waals surface area (Å²) in [5.41, 5.74) is 4.54. The van der Waals surface area contributed by atoms with Crippen molar-refractivity contribution in [1.29, 1.82) is 0 Å². The van der Waals surface area contributed by atoms with Gasteiger partial charge < -0.3 is 24.0 Å². The molecule has 1 aliphatic heterocycles. The fourth-order valence-electron chi connectivity index (χ4n) is 6.11. The molecule has 3 aromatic carbocycles. The molecule has 0 bridgehead atoms. The van der Waals surface area contributed by atoms with Crippen molar-refractivity contribution in [3.05, 3.63) is 83.4 Å². The van der Waals surface area contributed by atoms with E-state index in [-0.39, 0.29) is 42.7 Å². The van der Waals surface area contributed by atoms with Crippen LogP contribution in [0.1, 0.15) is 75.4 Å². The third-order valence-electron chi connectivity index (χ3n) is 8.76. The molecule has 244 valence electrons. The van der Waals surface area contributed by atoms with Gasteiger partial charge in [0.05, 0.1) is 17.8 Å². The van der Waals surface area contributed by atoms with Gasteiger partial charge in [-0.3, -0.25) is 10.1 Å². The van der Waals surface area contributed by atoms with Crippen LogP contribution in [-0.2, 0) is 9.47 Å². The first-order chi connectivity index (χ1) is 21.9. The second kappa shape index (κ2) is 13.4. The Kier molecular flexibility index (Phi) is 9.60. The Morgan fingerprint density at radius 1 is 1.00 bits per heavy atom. The average molecular weight is 628 g/mol. The zero-order chi connectivity index (χ0) is 33.2. The van der Waals surface area contributed by atoms with Crippen LogP contribution in [0.3, 0.4) is 0 Å². The first-order valence-electron chi connectivity index (χ1n) is 16.0. The number of benzene rings is 3. The summed E-state index contributed by atoms with van der Waals surface area (Å²) in [6.45, 7) is 12.3. The molecule has 3 amide bonds. The van der Waals surface area contributed by atoms with Crippen molar-refractivity contribution in [2.45, 2.75) is 71.6 Å². The van der Waals surface area contributed by atoms with E-state index < -0.39 is 23.9 Å². The topological polar surface area (TPSA) is 97.4 Å². The van der Waals surface area contributed by atoms with Gasteiger partial charge in [0, 0.05) is 31.5 Å². The molecule has 0 saturated carbocycles. The number of carbonyl (C=O) groups excluding carboxylic acids is 3. The molecule has 1 N–H and O–H groups in total. The number of hydrogen-bond acceptors (Lipinski definition) is 6. The second-order valence-corrected chi connectivity index (χ2v) is 13.3. The summed E-state index contributed by atoms with van der Waals surface area (Å²) >= 11 is 0. The molecule has 0 unspecified atom stereocenters. The van der Waals surface area contributed by atoms with Crippen molar-refractivity contribution >= 4 is 23.8 Å². The number of para-hydroxylation sites is 1. The van der Waals surface area contributed by atoms with E-state index in [0.717, 1.165) is 28.7 Å². The third kappa shape index (κ3) is 6.98. The SMILES string of the molecule is CC[C@H](C)N1C[C@@H](C)[C@H](CN(C)C(=O)OC(C)(C)C)Oc2c(NC(=O)OCC3c4ccccc4-c4ccccc43)cccc2C1=O. The number of amides is 3. The Bertz CT molecular complexity index is 1550. The van der Waals surface area contributed by atoms with Gasteiger partial charge >= 0.3 is 12.2 Å². The second-order valence-electron chi connectivity index (χ2n) is 13.3. The summed E-state index contributed by atoms with van der Waals surface area (Å²) in [6, 6.07) is 21.4. The Balaban J connectivity index is 1.39. The molecular formula is C37H45N3O6. The molecule has 1 aliphatic carbocycles. The molecule has 2 aliphatic rings. The van der Waals surface area contributed by atoms with E-state index in [4.69, 9.17) is 14.2 Å². The highest BCUT2D eigenvalue weighted by atomic mass is 16.6. The van der Waals surface area contributed by atoms with Crippen LogP contribution in [0.2, 0.25) is 0 Å². The van der Waals surface area contributed by atoms with E-state index in [1.54, 1.807) is 25.2 Å². The van der Waals surface area contributed by atoms with Crippen LogP contribution in [0.5, 0.6) is 5.75 Å². The van der Waals surface area contributed by atoms with E-state index >= 15 is 0 Å². The van der Waals surface area contributed by atoms with Crippen molar-refractivity contribution in [2.24, 2.45) is 5.92 Å². The minimum Gasteiger partial charge on any atom is -0.485 e. The summed E-state index contributed by atoms with van der Waals surface area (Å²) in [6.07, 6.45) is -0.844. The smallest absolute Gasteiger partial charge is 0.411 e. The average Bonchev–Trinajstić information content (AvgIpc) is 3.34. The molecule has 0 radical (unpaired) electrons. The normalized spacial score (nSPS) is 18.2. The summed E-state index contributed by atoms with van der Waals surface area (Å²) in [5, 5.41) is 2.85. The largest absolute Gasteiger partial charge is 0.485 e. The fraction of sp³-hybridized carbons (Fsp3) is 0.432. The Hall–Kier alpha value is -4.53. The minimum atomic E-state index is -0.650. The van der Waals surface area contributed by atoms with Gasteiger partial charge in [0.25, 0.3) is 5.91 Å². The van der Waals surface area contributed by atoms with Crippen molar-refractivity contribution in [2.75, 3.05) is 32.1 Å². The van der Waals surface area contributed by atoms with Crippen LogP contribution in [0.15, 0.2) is 66.7 Å². The van der Waals surface area contributed by atoms with Crippen molar-refractivity contribution in [3.8, 4) is 16.9 Å². The molecule has 0 aromatic heterocycles. The Labute approximate surface area is 271 Å². The first kappa shape index (κ1) is 32.9. The third-order valence-corrected chi connectivity index (χ3v) is 8.76. The maximum absolute atomic E-state index is 13.9. The molecule has 9 nitrogen and oxygen atoms in total. The highest BCUT2D eigenvalue weighted by Gasteiger charge is 2.36. The highest BCUT2D eigenvalue weighted by Crippen LogP contribution is 2.44. The van der Waals surface area contributed by atoms with Crippen molar-refractivity contribution in [1.82, 2.24) is 9.80 Å². The summed E-state index contributed by atoms with van der Waals surface area (Å²) in [4.78, 5) is 43.5. The predicted octanol–water partition coefficient (Wildman–Crippen LogP) is 7.55. The van der Waals surface area contributed by atoms with E-state index in [2.05, 4.69) is 29.6 Å². The zero-order valence-electron chi connectivity index (χ0n) is 27.8. The molecule has 5 rings (SSSR count). The van der Waals surface area contributed by atoms with Gasteiger partial charge in [-0.25, -0.2) is 9.59 Å². The van der Waals surface area contributed by atoms with Crippen LogP contribution < -0.4 is 10.1 Å². The van der Waals surface area contributed by atoms with Gasteiger partial charge in [0.15, 0.2) is 5.75 Å². The maximum Gasteiger partial charge on any atom is 0.411 e. The van der Waals surface area contributed by atoms with Crippen LogP contribution in [-0.4, -0.2) is 72.4 Å². The summed E-state index contributed by atoms with van der Waals surface area (Å²) < 4.78 is 18.0. The van der Waals surface area contributed by atoms with Gasteiger partial charge in [-0.1, -0.05) is 68.4 Å². The number of likely N-dealkylation sites (N-methyl/N-ethyl adjacent to an activating group) is 1. The number of carbonyl (C=O) groups is 3. The van der Waals surface area contributed by atoms with Crippen LogP contribution in [0.4, 0.5) is 15.3 Å². The van der Waals surface area contributed by atoms with Gasteiger partial charge in [-0.2, -0.15) is 0 Å². The predicted molar refractivity (Wildman–Crippen MR) is 178 cm³/mol. The number of rotatable bonds is 7. The van der Waals surface area contributed by atoms with Crippen molar-refractivity contribution in [3.63, 3.8) is 0 Å². The molecule has 46 heavy (non-hydrogen) atoms. The van der Waals surface area contributed by atoms with Crippen LogP contribution in [0.25, 0.3) is 11.1 Å².